The summed E-state index contributed by atoms with van der Waals surface area (Å²) in [6.45, 7) is 6.14. The van der Waals surface area contributed by atoms with Crippen LogP contribution < -0.4 is 11.1 Å². The van der Waals surface area contributed by atoms with Crippen LogP contribution in [0.2, 0.25) is 0 Å². The van der Waals surface area contributed by atoms with Crippen LogP contribution in [-0.2, 0) is 21.1 Å². The van der Waals surface area contributed by atoms with Crippen LogP contribution in [0.3, 0.4) is 0 Å². The number of sulfone groups is 1. The van der Waals surface area contributed by atoms with E-state index in [0.29, 0.717) is 11.6 Å². The highest BCUT2D eigenvalue weighted by Gasteiger charge is 2.23. The second kappa shape index (κ2) is 10.1. The van der Waals surface area contributed by atoms with Crippen molar-refractivity contribution in [3.63, 3.8) is 0 Å². The molecule has 3 N–H and O–H groups in total. The van der Waals surface area contributed by atoms with Crippen LogP contribution in [0.15, 0.2) is 69.7 Å². The van der Waals surface area contributed by atoms with Crippen LogP contribution in [0.25, 0.3) is 0 Å². The summed E-state index contributed by atoms with van der Waals surface area (Å²) in [6, 6.07) is 14.3. The molecule has 32 heavy (non-hydrogen) atoms. The number of nitrogens with two attached hydrogens (primary N) is 1. The average molecular weight is 471 g/mol. The van der Waals surface area contributed by atoms with E-state index in [0.717, 1.165) is 23.7 Å². The van der Waals surface area contributed by atoms with Gasteiger partial charge in [0, 0.05) is 5.69 Å². The first-order valence-electron chi connectivity index (χ1n) is 10.2. The fourth-order valence-electron chi connectivity index (χ4n) is 2.95. The number of nitrogens with one attached hydrogen (secondary N) is 1. The van der Waals surface area contributed by atoms with E-state index in [9.17, 15) is 13.2 Å². The lowest BCUT2D eigenvalue weighted by Crippen LogP contribution is -2.14. The van der Waals surface area contributed by atoms with Gasteiger partial charge >= 0.3 is 0 Å². The van der Waals surface area contributed by atoms with E-state index in [4.69, 9.17) is 5.73 Å². The SMILES string of the molecule is CCc1ccc(NC(=O)CSc2ncc(S(=O)(=O)c3ccc(C(C)C)cc3)c(N)n2)cc1. The summed E-state index contributed by atoms with van der Waals surface area (Å²) in [5.74, 6) is -0.00343. The van der Waals surface area contributed by atoms with Gasteiger partial charge in [0.1, 0.15) is 10.7 Å². The number of hydrogen-bond donors (Lipinski definition) is 2. The summed E-state index contributed by atoms with van der Waals surface area (Å²) >= 11 is 1.08. The number of aromatic nitrogens is 2. The number of anilines is 2. The van der Waals surface area contributed by atoms with Gasteiger partial charge in [-0.3, -0.25) is 4.79 Å². The zero-order valence-corrected chi connectivity index (χ0v) is 19.8. The Kier molecular flexibility index (Phi) is 7.52. The Bertz CT molecular complexity index is 1190. The Labute approximate surface area is 192 Å². The number of hydrogen-bond acceptors (Lipinski definition) is 7. The zero-order chi connectivity index (χ0) is 23.3. The fourth-order valence-corrected chi connectivity index (χ4v) is 4.84. The van der Waals surface area contributed by atoms with E-state index in [2.05, 4.69) is 22.2 Å². The van der Waals surface area contributed by atoms with Crippen LogP contribution in [0.1, 0.15) is 37.8 Å². The molecule has 0 aliphatic rings. The predicted molar refractivity (Wildman–Crippen MR) is 128 cm³/mol. The van der Waals surface area contributed by atoms with Gasteiger partial charge in [0.15, 0.2) is 5.16 Å². The second-order valence-corrected chi connectivity index (χ2v) is 10.4. The molecule has 0 saturated heterocycles. The molecule has 7 nitrogen and oxygen atoms in total. The number of thioether (sulfide) groups is 1. The lowest BCUT2D eigenvalue weighted by Gasteiger charge is -2.10. The minimum Gasteiger partial charge on any atom is -0.382 e. The van der Waals surface area contributed by atoms with Gasteiger partial charge in [-0.25, -0.2) is 18.4 Å². The molecule has 1 heterocycles. The standard InChI is InChI=1S/C23H26N4O3S2/c1-4-16-5-9-18(10-6-16)26-21(28)14-31-23-25-13-20(22(24)27-23)32(29,30)19-11-7-17(8-12-19)15(2)3/h5-13,15H,4,14H2,1-3H3,(H,26,28)(H2,24,25,27). The minimum atomic E-state index is -3.85. The lowest BCUT2D eigenvalue weighted by molar-refractivity contribution is -0.113. The molecule has 0 atom stereocenters. The number of carbonyl (C=O) groups excluding carboxylic acids is 1. The first-order valence-corrected chi connectivity index (χ1v) is 12.7. The number of rotatable bonds is 8. The van der Waals surface area contributed by atoms with Gasteiger partial charge in [-0.15, -0.1) is 0 Å². The maximum Gasteiger partial charge on any atom is 0.234 e. The van der Waals surface area contributed by atoms with E-state index >= 15 is 0 Å². The van der Waals surface area contributed by atoms with Crippen LogP contribution in [0.4, 0.5) is 11.5 Å². The van der Waals surface area contributed by atoms with Crippen molar-refractivity contribution in [1.82, 2.24) is 9.97 Å². The molecule has 1 aromatic heterocycles. The van der Waals surface area contributed by atoms with Crippen molar-refractivity contribution in [2.24, 2.45) is 0 Å². The summed E-state index contributed by atoms with van der Waals surface area (Å²) in [4.78, 5) is 20.3. The molecule has 3 rings (SSSR count). The molecule has 9 heteroatoms. The van der Waals surface area contributed by atoms with Gasteiger partial charge in [-0.2, -0.15) is 0 Å². The Hall–Kier alpha value is -2.91. The third-order valence-corrected chi connectivity index (χ3v) is 7.53. The van der Waals surface area contributed by atoms with Gasteiger partial charge < -0.3 is 11.1 Å². The minimum absolute atomic E-state index is 0.0672. The van der Waals surface area contributed by atoms with E-state index in [-0.39, 0.29) is 32.4 Å². The predicted octanol–water partition coefficient (Wildman–Crippen LogP) is 4.31. The van der Waals surface area contributed by atoms with Gasteiger partial charge in [-0.1, -0.05) is 56.8 Å². The zero-order valence-electron chi connectivity index (χ0n) is 18.2. The number of nitrogen functional groups attached to an aromatic ring is 1. The maximum atomic E-state index is 12.9. The Balaban J connectivity index is 1.66. The number of amides is 1. The second-order valence-electron chi connectivity index (χ2n) is 7.52. The Morgan fingerprint density at radius 1 is 1.09 bits per heavy atom. The molecule has 0 unspecified atom stereocenters. The van der Waals surface area contributed by atoms with Gasteiger partial charge in [0.05, 0.1) is 16.8 Å². The van der Waals surface area contributed by atoms with Crippen molar-refractivity contribution in [2.75, 3.05) is 16.8 Å². The number of nitrogens with zero attached hydrogens (tertiary/aromatic N) is 2. The first-order chi connectivity index (χ1) is 15.2. The van der Waals surface area contributed by atoms with Crippen LogP contribution >= 0.6 is 11.8 Å². The Morgan fingerprint density at radius 3 is 2.31 bits per heavy atom. The summed E-state index contributed by atoms with van der Waals surface area (Å²) < 4.78 is 25.9. The molecular formula is C23H26N4O3S2. The van der Waals surface area contributed by atoms with Crippen LogP contribution in [0, 0.1) is 0 Å². The smallest absolute Gasteiger partial charge is 0.234 e. The van der Waals surface area contributed by atoms with Gasteiger partial charge in [0.2, 0.25) is 15.7 Å². The molecule has 0 spiro atoms. The highest BCUT2D eigenvalue weighted by atomic mass is 32.2. The fraction of sp³-hybridized carbons (Fsp3) is 0.261. The molecule has 0 saturated carbocycles. The van der Waals surface area contributed by atoms with E-state index in [1.165, 1.54) is 11.8 Å². The first kappa shape index (κ1) is 23.7. The lowest BCUT2D eigenvalue weighted by atomic mass is 10.0. The van der Waals surface area contributed by atoms with Crippen molar-refractivity contribution in [3.05, 3.63) is 65.9 Å². The molecule has 0 aliphatic carbocycles. The van der Waals surface area contributed by atoms with Crippen molar-refractivity contribution in [1.29, 1.82) is 0 Å². The molecule has 0 radical (unpaired) electrons. The third-order valence-electron chi connectivity index (χ3n) is 4.89. The average Bonchev–Trinajstić information content (AvgIpc) is 2.78. The van der Waals surface area contributed by atoms with Crippen LogP contribution in [0.5, 0.6) is 0 Å². The topological polar surface area (TPSA) is 115 Å². The maximum absolute atomic E-state index is 12.9. The quantitative estimate of drug-likeness (QED) is 0.372. The van der Waals surface area contributed by atoms with E-state index in [1.807, 2.05) is 38.1 Å². The monoisotopic (exact) mass is 470 g/mol. The van der Waals surface area contributed by atoms with Crippen molar-refractivity contribution in [2.45, 2.75) is 48.1 Å². The molecule has 2 aromatic carbocycles. The normalized spacial score (nSPS) is 11.5. The number of benzene rings is 2. The summed E-state index contributed by atoms with van der Waals surface area (Å²) in [7, 11) is -3.85. The van der Waals surface area contributed by atoms with E-state index < -0.39 is 9.84 Å². The Morgan fingerprint density at radius 2 is 1.75 bits per heavy atom. The van der Waals surface area contributed by atoms with Crippen molar-refractivity contribution in [3.8, 4) is 0 Å². The molecule has 1 amide bonds. The number of carbonyl (C=O) groups is 1. The molecular weight excluding hydrogens is 444 g/mol. The number of aryl methyl sites for hydroxylation is 1. The molecule has 3 aromatic rings. The van der Waals surface area contributed by atoms with Crippen molar-refractivity contribution >= 4 is 39.0 Å². The summed E-state index contributed by atoms with van der Waals surface area (Å²) in [5, 5.41) is 3.03. The summed E-state index contributed by atoms with van der Waals surface area (Å²) in [6.07, 6.45) is 2.12. The summed E-state index contributed by atoms with van der Waals surface area (Å²) in [5.41, 5.74) is 8.87. The third kappa shape index (κ3) is 5.66. The van der Waals surface area contributed by atoms with Crippen LogP contribution in [-0.4, -0.2) is 30.0 Å². The largest absolute Gasteiger partial charge is 0.382 e. The molecule has 0 aliphatic heterocycles. The molecule has 0 bridgehead atoms. The van der Waals surface area contributed by atoms with Crippen molar-refractivity contribution < 1.29 is 13.2 Å². The van der Waals surface area contributed by atoms with Gasteiger partial charge in [0.25, 0.3) is 0 Å². The van der Waals surface area contributed by atoms with Gasteiger partial charge in [-0.05, 0) is 47.7 Å². The van der Waals surface area contributed by atoms with E-state index in [1.54, 1.807) is 24.3 Å². The highest BCUT2D eigenvalue weighted by Crippen LogP contribution is 2.27. The molecule has 0 fully saturated rings. The highest BCUT2D eigenvalue weighted by molar-refractivity contribution is 7.99. The molecule has 168 valence electrons.